The van der Waals surface area contributed by atoms with Gasteiger partial charge in [-0.05, 0) is 42.8 Å². The second-order valence-corrected chi connectivity index (χ2v) is 6.20. The molecule has 3 nitrogen and oxygen atoms in total. The van der Waals surface area contributed by atoms with Crippen LogP contribution in [0.1, 0.15) is 22.4 Å². The van der Waals surface area contributed by atoms with Crippen molar-refractivity contribution in [3.05, 3.63) is 69.9 Å². The molecule has 1 unspecified atom stereocenters. The van der Waals surface area contributed by atoms with E-state index in [0.717, 1.165) is 26.8 Å². The lowest BCUT2D eigenvalue weighted by Crippen LogP contribution is -1.96. The van der Waals surface area contributed by atoms with Crippen LogP contribution in [-0.4, -0.2) is 15.1 Å². The largest absolute Gasteiger partial charge is 0.383 e. The molecule has 1 aromatic carbocycles. The maximum Gasteiger partial charge on any atom is 0.125 e. The number of hydrogen-bond acceptors (Lipinski definition) is 4. The van der Waals surface area contributed by atoms with Crippen LogP contribution < -0.4 is 0 Å². The molecule has 5 heteroatoms. The molecule has 0 radical (unpaired) electrons. The van der Waals surface area contributed by atoms with E-state index in [4.69, 9.17) is 11.6 Å². The van der Waals surface area contributed by atoms with E-state index in [1.165, 1.54) is 11.3 Å². The molecular weight excluding hydrogens is 304 g/mol. The number of rotatable bonds is 3. The van der Waals surface area contributed by atoms with E-state index < -0.39 is 6.10 Å². The Balaban J connectivity index is 1.89. The Morgan fingerprint density at radius 1 is 1.10 bits per heavy atom. The van der Waals surface area contributed by atoms with Crippen LogP contribution in [0.25, 0.3) is 10.6 Å². The third-order valence-corrected chi connectivity index (χ3v) is 4.52. The Kier molecular flexibility index (Phi) is 4.01. The number of thiophene rings is 1. The van der Waals surface area contributed by atoms with Crippen LogP contribution in [0.15, 0.2) is 48.7 Å². The van der Waals surface area contributed by atoms with Crippen LogP contribution in [0.3, 0.4) is 0 Å². The van der Waals surface area contributed by atoms with E-state index in [2.05, 4.69) is 9.97 Å². The number of nitrogens with zero attached hydrogens (tertiary/aromatic N) is 2. The van der Waals surface area contributed by atoms with E-state index in [-0.39, 0.29) is 0 Å². The minimum atomic E-state index is -0.649. The van der Waals surface area contributed by atoms with Crippen LogP contribution in [0.4, 0.5) is 0 Å². The third-order valence-electron chi connectivity index (χ3n) is 3.11. The topological polar surface area (TPSA) is 46.0 Å². The molecule has 1 atom stereocenters. The molecule has 0 saturated carbocycles. The summed E-state index contributed by atoms with van der Waals surface area (Å²) >= 11 is 7.40. The Hall–Kier alpha value is -1.75. The highest BCUT2D eigenvalue weighted by Gasteiger charge is 2.14. The Bertz CT molecular complexity index is 755. The molecule has 0 aliphatic rings. The van der Waals surface area contributed by atoms with Crippen molar-refractivity contribution < 1.29 is 5.11 Å². The van der Waals surface area contributed by atoms with Crippen LogP contribution in [0.2, 0.25) is 5.02 Å². The first-order chi connectivity index (χ1) is 10.1. The molecule has 0 spiro atoms. The van der Waals surface area contributed by atoms with Gasteiger partial charge in [0.15, 0.2) is 0 Å². The summed E-state index contributed by atoms with van der Waals surface area (Å²) in [6.07, 6.45) is 1.09. The van der Waals surface area contributed by atoms with Gasteiger partial charge in [0.25, 0.3) is 0 Å². The van der Waals surface area contributed by atoms with Gasteiger partial charge >= 0.3 is 0 Å². The smallest absolute Gasteiger partial charge is 0.125 e. The van der Waals surface area contributed by atoms with Crippen molar-refractivity contribution in [2.24, 2.45) is 0 Å². The summed E-state index contributed by atoms with van der Waals surface area (Å²) in [5, 5.41) is 11.1. The monoisotopic (exact) mass is 316 g/mol. The molecule has 0 bridgehead atoms. The molecule has 0 fully saturated rings. The van der Waals surface area contributed by atoms with Crippen molar-refractivity contribution >= 4 is 22.9 Å². The number of benzene rings is 1. The summed E-state index contributed by atoms with van der Waals surface area (Å²) in [5.41, 5.74) is 1.70. The summed E-state index contributed by atoms with van der Waals surface area (Å²) in [4.78, 5) is 10.4. The summed E-state index contributed by atoms with van der Waals surface area (Å²) < 4.78 is 0. The maximum atomic E-state index is 10.4. The van der Waals surface area contributed by atoms with E-state index in [1.54, 1.807) is 18.3 Å². The first-order valence-corrected chi connectivity index (χ1v) is 7.66. The normalized spacial score (nSPS) is 12.3. The van der Waals surface area contributed by atoms with Crippen molar-refractivity contribution in [1.29, 1.82) is 0 Å². The molecule has 21 heavy (non-hydrogen) atoms. The van der Waals surface area contributed by atoms with Crippen molar-refractivity contribution in [1.82, 2.24) is 9.97 Å². The second kappa shape index (κ2) is 5.93. The van der Waals surface area contributed by atoms with Gasteiger partial charge in [0.2, 0.25) is 0 Å². The molecule has 0 aliphatic carbocycles. The minimum absolute atomic E-state index is 0.649. The number of aliphatic hydroxyl groups is 1. The zero-order valence-corrected chi connectivity index (χ0v) is 12.9. The van der Waals surface area contributed by atoms with Gasteiger partial charge in [0, 0.05) is 16.1 Å². The summed E-state index contributed by atoms with van der Waals surface area (Å²) in [6, 6.07) is 13.0. The Morgan fingerprint density at radius 3 is 2.57 bits per heavy atom. The number of aliphatic hydroxyl groups excluding tert-OH is 1. The first kappa shape index (κ1) is 14.2. The van der Waals surface area contributed by atoms with Crippen molar-refractivity contribution in [3.8, 4) is 10.6 Å². The molecule has 2 aromatic heterocycles. The van der Waals surface area contributed by atoms with Crippen LogP contribution in [0, 0.1) is 6.92 Å². The lowest BCUT2D eigenvalue weighted by Gasteiger charge is -2.08. The number of halogens is 1. The van der Waals surface area contributed by atoms with Crippen LogP contribution in [-0.2, 0) is 0 Å². The minimum Gasteiger partial charge on any atom is -0.383 e. The fourth-order valence-electron chi connectivity index (χ4n) is 2.04. The fraction of sp³-hybridized carbons (Fsp3) is 0.125. The van der Waals surface area contributed by atoms with Gasteiger partial charge in [0.05, 0.1) is 10.6 Å². The van der Waals surface area contributed by atoms with Gasteiger partial charge in [-0.2, -0.15) is 0 Å². The van der Waals surface area contributed by atoms with Gasteiger partial charge in [-0.25, -0.2) is 9.97 Å². The van der Waals surface area contributed by atoms with Gasteiger partial charge < -0.3 is 5.11 Å². The zero-order valence-electron chi connectivity index (χ0n) is 11.3. The van der Waals surface area contributed by atoms with E-state index in [0.29, 0.717) is 5.02 Å². The summed E-state index contributed by atoms with van der Waals surface area (Å²) in [7, 11) is 0. The lowest BCUT2D eigenvalue weighted by atomic mass is 10.1. The summed E-state index contributed by atoms with van der Waals surface area (Å²) in [5.74, 6) is 0.737. The molecule has 106 valence electrons. The predicted molar refractivity (Wildman–Crippen MR) is 85.6 cm³/mol. The molecule has 3 rings (SSSR count). The van der Waals surface area contributed by atoms with Crippen LogP contribution in [0.5, 0.6) is 0 Å². The molecular formula is C16H13ClN2OS. The Labute approximate surface area is 131 Å². The highest BCUT2D eigenvalue weighted by Crippen LogP contribution is 2.33. The average Bonchev–Trinajstić information content (AvgIpc) is 2.97. The summed E-state index contributed by atoms with van der Waals surface area (Å²) in [6.45, 7) is 1.86. The van der Waals surface area contributed by atoms with E-state index in [1.807, 2.05) is 37.3 Å². The first-order valence-electron chi connectivity index (χ1n) is 6.47. The van der Waals surface area contributed by atoms with Crippen molar-refractivity contribution in [3.63, 3.8) is 0 Å². The third kappa shape index (κ3) is 3.13. The van der Waals surface area contributed by atoms with Gasteiger partial charge in [0.1, 0.15) is 11.9 Å². The highest BCUT2D eigenvalue weighted by molar-refractivity contribution is 7.15. The van der Waals surface area contributed by atoms with Gasteiger partial charge in [-0.15, -0.1) is 11.3 Å². The van der Waals surface area contributed by atoms with Crippen molar-refractivity contribution in [2.45, 2.75) is 13.0 Å². The SMILES string of the molecule is Cc1nccc(-c2ccc(C(O)c3ccc(Cl)cc3)s2)n1. The lowest BCUT2D eigenvalue weighted by molar-refractivity contribution is 0.224. The predicted octanol–water partition coefficient (Wildman–Crippen LogP) is 4.25. The van der Waals surface area contributed by atoms with Crippen LogP contribution >= 0.6 is 22.9 Å². The number of hydrogen-bond donors (Lipinski definition) is 1. The molecule has 0 saturated heterocycles. The molecule has 2 heterocycles. The number of aryl methyl sites for hydroxylation is 1. The van der Waals surface area contributed by atoms with E-state index >= 15 is 0 Å². The second-order valence-electron chi connectivity index (χ2n) is 4.65. The molecule has 3 aromatic rings. The quantitative estimate of drug-likeness (QED) is 0.785. The van der Waals surface area contributed by atoms with Crippen molar-refractivity contribution in [2.75, 3.05) is 0 Å². The van der Waals surface area contributed by atoms with Gasteiger partial charge in [-0.1, -0.05) is 23.7 Å². The molecule has 0 amide bonds. The highest BCUT2D eigenvalue weighted by atomic mass is 35.5. The Morgan fingerprint density at radius 2 is 1.86 bits per heavy atom. The fourth-order valence-corrected chi connectivity index (χ4v) is 3.16. The van der Waals surface area contributed by atoms with Gasteiger partial charge in [-0.3, -0.25) is 0 Å². The standard InChI is InChI=1S/C16H13ClN2OS/c1-10-18-9-8-13(19-10)14-6-7-15(21-14)16(20)11-2-4-12(17)5-3-11/h2-9,16,20H,1H3. The molecule has 0 aliphatic heterocycles. The molecule has 1 N–H and O–H groups in total. The number of aromatic nitrogens is 2. The average molecular weight is 317 g/mol. The van der Waals surface area contributed by atoms with E-state index in [9.17, 15) is 5.11 Å². The zero-order chi connectivity index (χ0) is 14.8. The maximum absolute atomic E-state index is 10.4.